The summed E-state index contributed by atoms with van der Waals surface area (Å²) in [5, 5.41) is 0. The van der Waals surface area contributed by atoms with E-state index in [9.17, 15) is 4.79 Å². The fourth-order valence-corrected chi connectivity index (χ4v) is 2.37. The summed E-state index contributed by atoms with van der Waals surface area (Å²) >= 11 is 0. The summed E-state index contributed by atoms with van der Waals surface area (Å²) in [5.41, 5.74) is 5.39. The van der Waals surface area contributed by atoms with E-state index in [2.05, 4.69) is 6.92 Å². The van der Waals surface area contributed by atoms with E-state index in [1.807, 2.05) is 13.8 Å². The van der Waals surface area contributed by atoms with Crippen molar-refractivity contribution in [3.05, 3.63) is 0 Å². The number of rotatable bonds is 6. The Labute approximate surface area is 110 Å². The van der Waals surface area contributed by atoms with Crippen molar-refractivity contribution in [1.82, 2.24) is 0 Å². The summed E-state index contributed by atoms with van der Waals surface area (Å²) in [6.45, 7) is 6.84. The SMILES string of the molecule is CCC1CCC(N)(C(=O)OCCOC(C)C)CC1. The van der Waals surface area contributed by atoms with Crippen molar-refractivity contribution >= 4 is 5.97 Å². The van der Waals surface area contributed by atoms with Crippen molar-refractivity contribution in [3.63, 3.8) is 0 Å². The van der Waals surface area contributed by atoms with E-state index in [1.54, 1.807) is 0 Å². The quantitative estimate of drug-likeness (QED) is 0.585. The maximum atomic E-state index is 12.0. The van der Waals surface area contributed by atoms with Gasteiger partial charge in [-0.05, 0) is 45.4 Å². The predicted octanol–water partition coefficient (Wildman–Crippen LogP) is 2.25. The van der Waals surface area contributed by atoms with Gasteiger partial charge in [-0.1, -0.05) is 13.3 Å². The summed E-state index contributed by atoms with van der Waals surface area (Å²) in [6, 6.07) is 0. The van der Waals surface area contributed by atoms with Gasteiger partial charge < -0.3 is 15.2 Å². The number of esters is 1. The van der Waals surface area contributed by atoms with Crippen LogP contribution in [-0.2, 0) is 14.3 Å². The number of ether oxygens (including phenoxy) is 2. The lowest BCUT2D eigenvalue weighted by molar-refractivity contribution is -0.153. The third-order valence-corrected chi connectivity index (χ3v) is 3.75. The molecule has 0 atom stereocenters. The average Bonchev–Trinajstić information content (AvgIpc) is 2.35. The zero-order valence-corrected chi connectivity index (χ0v) is 11.9. The zero-order valence-electron chi connectivity index (χ0n) is 11.9. The molecule has 2 N–H and O–H groups in total. The minimum Gasteiger partial charge on any atom is -0.462 e. The topological polar surface area (TPSA) is 61.6 Å². The van der Waals surface area contributed by atoms with E-state index in [4.69, 9.17) is 15.2 Å². The Kier molecular flexibility index (Phi) is 6.09. The first kappa shape index (κ1) is 15.4. The highest BCUT2D eigenvalue weighted by atomic mass is 16.6. The Morgan fingerprint density at radius 1 is 1.33 bits per heavy atom. The summed E-state index contributed by atoms with van der Waals surface area (Å²) in [7, 11) is 0. The number of nitrogens with two attached hydrogens (primary N) is 1. The van der Waals surface area contributed by atoms with E-state index in [1.165, 1.54) is 6.42 Å². The molecule has 1 aliphatic rings. The van der Waals surface area contributed by atoms with Gasteiger partial charge in [0.15, 0.2) is 0 Å². The molecule has 4 nitrogen and oxygen atoms in total. The Bertz CT molecular complexity index is 258. The van der Waals surface area contributed by atoms with Crippen LogP contribution >= 0.6 is 0 Å². The van der Waals surface area contributed by atoms with Crippen LogP contribution in [-0.4, -0.2) is 30.8 Å². The second-order valence-corrected chi connectivity index (χ2v) is 5.56. The monoisotopic (exact) mass is 257 g/mol. The lowest BCUT2D eigenvalue weighted by Gasteiger charge is -2.34. The first-order valence-corrected chi connectivity index (χ1v) is 7.05. The normalized spacial score (nSPS) is 28.4. The van der Waals surface area contributed by atoms with Crippen molar-refractivity contribution in [2.45, 2.75) is 64.5 Å². The molecular weight excluding hydrogens is 230 g/mol. The van der Waals surface area contributed by atoms with Gasteiger partial charge in [0.2, 0.25) is 0 Å². The Balaban J connectivity index is 2.28. The first-order chi connectivity index (χ1) is 8.48. The summed E-state index contributed by atoms with van der Waals surface area (Å²) in [4.78, 5) is 12.0. The summed E-state index contributed by atoms with van der Waals surface area (Å²) in [6.07, 6.45) is 4.89. The molecule has 106 valence electrons. The zero-order chi connectivity index (χ0) is 13.6. The second-order valence-electron chi connectivity index (χ2n) is 5.56. The van der Waals surface area contributed by atoms with Gasteiger partial charge in [-0.2, -0.15) is 0 Å². The van der Waals surface area contributed by atoms with Gasteiger partial charge in [0.05, 0.1) is 12.7 Å². The average molecular weight is 257 g/mol. The van der Waals surface area contributed by atoms with Gasteiger partial charge in [0, 0.05) is 0 Å². The largest absolute Gasteiger partial charge is 0.462 e. The lowest BCUT2D eigenvalue weighted by atomic mass is 9.76. The molecule has 0 aromatic carbocycles. The predicted molar refractivity (Wildman–Crippen MR) is 71.2 cm³/mol. The summed E-state index contributed by atoms with van der Waals surface area (Å²) in [5.74, 6) is 0.461. The molecule has 0 bridgehead atoms. The summed E-state index contributed by atoms with van der Waals surface area (Å²) < 4.78 is 10.5. The lowest BCUT2D eigenvalue weighted by Crippen LogP contribution is -2.51. The molecule has 1 aliphatic carbocycles. The number of carbonyl (C=O) groups excluding carboxylic acids is 1. The maximum Gasteiger partial charge on any atom is 0.326 e. The Morgan fingerprint density at radius 2 is 1.94 bits per heavy atom. The maximum absolute atomic E-state index is 12.0. The van der Waals surface area contributed by atoms with Crippen molar-refractivity contribution in [2.75, 3.05) is 13.2 Å². The minimum atomic E-state index is -0.760. The molecule has 0 radical (unpaired) electrons. The van der Waals surface area contributed by atoms with Gasteiger partial charge in [-0.25, -0.2) is 0 Å². The molecule has 0 saturated heterocycles. The van der Waals surface area contributed by atoms with Crippen molar-refractivity contribution in [2.24, 2.45) is 11.7 Å². The van der Waals surface area contributed by atoms with Crippen LogP contribution in [0.3, 0.4) is 0 Å². The molecule has 0 spiro atoms. The molecule has 1 fully saturated rings. The van der Waals surface area contributed by atoms with Crippen molar-refractivity contribution in [1.29, 1.82) is 0 Å². The van der Waals surface area contributed by atoms with E-state index < -0.39 is 5.54 Å². The molecular formula is C14H27NO3. The van der Waals surface area contributed by atoms with Crippen molar-refractivity contribution in [3.8, 4) is 0 Å². The second kappa shape index (κ2) is 7.10. The molecule has 1 rings (SSSR count). The molecule has 0 heterocycles. The van der Waals surface area contributed by atoms with Crippen LogP contribution in [0.5, 0.6) is 0 Å². The van der Waals surface area contributed by atoms with Crippen LogP contribution in [0.15, 0.2) is 0 Å². The smallest absolute Gasteiger partial charge is 0.326 e. The molecule has 0 aliphatic heterocycles. The highest BCUT2D eigenvalue weighted by Crippen LogP contribution is 2.32. The molecule has 18 heavy (non-hydrogen) atoms. The number of carbonyl (C=O) groups is 1. The molecule has 0 unspecified atom stereocenters. The molecule has 1 saturated carbocycles. The van der Waals surface area contributed by atoms with E-state index >= 15 is 0 Å². The van der Waals surface area contributed by atoms with Crippen LogP contribution in [0, 0.1) is 5.92 Å². The van der Waals surface area contributed by atoms with Crippen LogP contribution in [0.2, 0.25) is 0 Å². The van der Waals surface area contributed by atoms with Crippen LogP contribution < -0.4 is 5.73 Å². The minimum absolute atomic E-state index is 0.163. The van der Waals surface area contributed by atoms with Gasteiger partial charge in [-0.3, -0.25) is 4.79 Å². The van der Waals surface area contributed by atoms with Gasteiger partial charge in [0.1, 0.15) is 12.1 Å². The molecule has 0 amide bonds. The third kappa shape index (κ3) is 4.58. The molecule has 0 aromatic heterocycles. The van der Waals surface area contributed by atoms with E-state index in [0.717, 1.165) is 31.6 Å². The fraction of sp³-hybridized carbons (Fsp3) is 0.929. The Hall–Kier alpha value is -0.610. The molecule has 0 aromatic rings. The first-order valence-electron chi connectivity index (χ1n) is 7.05. The van der Waals surface area contributed by atoms with Gasteiger partial charge in [-0.15, -0.1) is 0 Å². The van der Waals surface area contributed by atoms with Gasteiger partial charge >= 0.3 is 5.97 Å². The number of hydrogen-bond acceptors (Lipinski definition) is 4. The third-order valence-electron chi connectivity index (χ3n) is 3.75. The standard InChI is InChI=1S/C14H27NO3/c1-4-12-5-7-14(15,8-6-12)13(16)18-10-9-17-11(2)3/h11-12H,4-10,15H2,1-3H3. The molecule has 4 heteroatoms. The van der Waals surface area contributed by atoms with Gasteiger partial charge in [0.25, 0.3) is 0 Å². The van der Waals surface area contributed by atoms with E-state index in [0.29, 0.717) is 13.2 Å². The highest BCUT2D eigenvalue weighted by Gasteiger charge is 2.39. The van der Waals surface area contributed by atoms with Crippen LogP contribution in [0.25, 0.3) is 0 Å². The van der Waals surface area contributed by atoms with Crippen LogP contribution in [0.4, 0.5) is 0 Å². The highest BCUT2D eigenvalue weighted by molar-refractivity contribution is 5.80. The van der Waals surface area contributed by atoms with Crippen LogP contribution in [0.1, 0.15) is 52.9 Å². The Morgan fingerprint density at radius 3 is 2.44 bits per heavy atom. The fourth-order valence-electron chi connectivity index (χ4n) is 2.37. The number of hydrogen-bond donors (Lipinski definition) is 1. The van der Waals surface area contributed by atoms with Crippen molar-refractivity contribution < 1.29 is 14.3 Å². The van der Waals surface area contributed by atoms with E-state index in [-0.39, 0.29) is 12.1 Å².